The van der Waals surface area contributed by atoms with Crippen LogP contribution in [0.25, 0.3) is 0 Å². The standard InChI is InChI=1S/C18H30O/c1-13(2)4-3-5-17(19)12-18-9-14-6-15(10-18)8-16(7-14)11-18/h13-16H,3-12H2,1-2H3. The molecule has 0 unspecified atom stereocenters. The monoisotopic (exact) mass is 262 g/mol. The van der Waals surface area contributed by atoms with Crippen LogP contribution in [0, 0.1) is 29.1 Å². The van der Waals surface area contributed by atoms with E-state index in [1.807, 2.05) is 0 Å². The van der Waals surface area contributed by atoms with Gasteiger partial charge in [-0.05, 0) is 74.0 Å². The molecule has 1 heteroatoms. The number of hydrogen-bond donors (Lipinski definition) is 0. The zero-order valence-electron chi connectivity index (χ0n) is 12.8. The first-order valence-corrected chi connectivity index (χ1v) is 8.56. The Morgan fingerprint density at radius 2 is 1.58 bits per heavy atom. The van der Waals surface area contributed by atoms with E-state index in [1.54, 1.807) is 0 Å². The van der Waals surface area contributed by atoms with Gasteiger partial charge >= 0.3 is 0 Å². The molecule has 4 bridgehead atoms. The van der Waals surface area contributed by atoms with Crippen molar-refractivity contribution in [2.45, 2.75) is 78.1 Å². The molecule has 0 atom stereocenters. The highest BCUT2D eigenvalue weighted by atomic mass is 16.1. The van der Waals surface area contributed by atoms with Crippen LogP contribution in [0.2, 0.25) is 0 Å². The molecule has 0 saturated heterocycles. The molecule has 0 aromatic heterocycles. The van der Waals surface area contributed by atoms with Crippen LogP contribution in [0.3, 0.4) is 0 Å². The number of Topliss-reactive ketones (excluding diaryl/α,β-unsaturated/α-hetero) is 1. The van der Waals surface area contributed by atoms with E-state index in [0.29, 0.717) is 11.2 Å². The Morgan fingerprint density at radius 3 is 2.05 bits per heavy atom. The molecule has 0 radical (unpaired) electrons. The Labute approximate surface area is 118 Å². The first kappa shape index (κ1) is 13.6. The highest BCUT2D eigenvalue weighted by Crippen LogP contribution is 2.61. The van der Waals surface area contributed by atoms with E-state index in [-0.39, 0.29) is 0 Å². The lowest BCUT2D eigenvalue weighted by molar-refractivity contribution is -0.127. The summed E-state index contributed by atoms with van der Waals surface area (Å²) in [5, 5.41) is 0. The lowest BCUT2D eigenvalue weighted by Crippen LogP contribution is -2.46. The van der Waals surface area contributed by atoms with Gasteiger partial charge in [0.1, 0.15) is 5.78 Å². The van der Waals surface area contributed by atoms with Gasteiger partial charge in [0.15, 0.2) is 0 Å². The van der Waals surface area contributed by atoms with Gasteiger partial charge in [-0.1, -0.05) is 20.3 Å². The summed E-state index contributed by atoms with van der Waals surface area (Å²) in [4.78, 5) is 12.3. The van der Waals surface area contributed by atoms with Crippen LogP contribution in [-0.2, 0) is 4.79 Å². The van der Waals surface area contributed by atoms with Crippen LogP contribution >= 0.6 is 0 Å². The van der Waals surface area contributed by atoms with Gasteiger partial charge in [-0.25, -0.2) is 0 Å². The second kappa shape index (κ2) is 5.22. The van der Waals surface area contributed by atoms with E-state index in [2.05, 4.69) is 13.8 Å². The third kappa shape index (κ3) is 3.06. The summed E-state index contributed by atoms with van der Waals surface area (Å²) < 4.78 is 0. The molecule has 0 heterocycles. The summed E-state index contributed by atoms with van der Waals surface area (Å²) in [6, 6.07) is 0. The van der Waals surface area contributed by atoms with Crippen LogP contribution in [0.4, 0.5) is 0 Å². The molecule has 1 nitrogen and oxygen atoms in total. The van der Waals surface area contributed by atoms with Crippen LogP contribution in [-0.4, -0.2) is 5.78 Å². The predicted molar refractivity (Wildman–Crippen MR) is 78.9 cm³/mol. The van der Waals surface area contributed by atoms with E-state index < -0.39 is 0 Å². The van der Waals surface area contributed by atoms with Crippen LogP contribution in [0.15, 0.2) is 0 Å². The van der Waals surface area contributed by atoms with Gasteiger partial charge in [0.25, 0.3) is 0 Å². The summed E-state index contributed by atoms with van der Waals surface area (Å²) >= 11 is 0. The van der Waals surface area contributed by atoms with Crippen molar-refractivity contribution in [2.75, 3.05) is 0 Å². The van der Waals surface area contributed by atoms with Gasteiger partial charge < -0.3 is 0 Å². The normalized spacial score (nSPS) is 40.1. The van der Waals surface area contributed by atoms with Crippen molar-refractivity contribution >= 4 is 5.78 Å². The minimum atomic E-state index is 0.462. The summed E-state index contributed by atoms with van der Waals surface area (Å²) in [5.74, 6) is 4.26. The van der Waals surface area contributed by atoms with Gasteiger partial charge in [-0.2, -0.15) is 0 Å². The zero-order chi connectivity index (χ0) is 13.5. The topological polar surface area (TPSA) is 17.1 Å². The molecular formula is C18H30O. The lowest BCUT2D eigenvalue weighted by atomic mass is 9.48. The number of ketones is 1. The Morgan fingerprint density at radius 1 is 1.05 bits per heavy atom. The highest BCUT2D eigenvalue weighted by Gasteiger charge is 2.51. The number of carbonyl (C=O) groups is 1. The van der Waals surface area contributed by atoms with E-state index in [1.165, 1.54) is 44.9 Å². The van der Waals surface area contributed by atoms with Crippen molar-refractivity contribution in [3.63, 3.8) is 0 Å². The minimum absolute atomic E-state index is 0.462. The Hall–Kier alpha value is -0.330. The number of carbonyl (C=O) groups excluding carboxylic acids is 1. The average molecular weight is 262 g/mol. The molecule has 108 valence electrons. The molecule has 4 saturated carbocycles. The van der Waals surface area contributed by atoms with Crippen molar-refractivity contribution in [2.24, 2.45) is 29.1 Å². The second-order valence-corrected chi connectivity index (χ2v) is 8.42. The molecule has 0 spiro atoms. The quantitative estimate of drug-likeness (QED) is 0.659. The van der Waals surface area contributed by atoms with E-state index in [4.69, 9.17) is 0 Å². The fourth-order valence-corrected chi connectivity index (χ4v) is 5.72. The molecule has 0 N–H and O–H groups in total. The maximum atomic E-state index is 12.3. The molecule has 4 fully saturated rings. The molecule has 19 heavy (non-hydrogen) atoms. The van der Waals surface area contributed by atoms with Gasteiger partial charge in [-0.3, -0.25) is 4.79 Å². The van der Waals surface area contributed by atoms with Crippen molar-refractivity contribution in [1.29, 1.82) is 0 Å². The van der Waals surface area contributed by atoms with Gasteiger partial charge in [0.05, 0.1) is 0 Å². The molecule has 0 amide bonds. The van der Waals surface area contributed by atoms with Crippen molar-refractivity contribution in [3.8, 4) is 0 Å². The van der Waals surface area contributed by atoms with Crippen LogP contribution < -0.4 is 0 Å². The average Bonchev–Trinajstić information content (AvgIpc) is 2.25. The van der Waals surface area contributed by atoms with Gasteiger partial charge in [0.2, 0.25) is 0 Å². The number of rotatable bonds is 6. The minimum Gasteiger partial charge on any atom is -0.300 e. The largest absolute Gasteiger partial charge is 0.300 e. The highest BCUT2D eigenvalue weighted by molar-refractivity contribution is 5.79. The molecule has 4 rings (SSSR count). The molecule has 4 aliphatic rings. The van der Waals surface area contributed by atoms with Crippen LogP contribution in [0.1, 0.15) is 78.1 Å². The van der Waals surface area contributed by atoms with E-state index in [0.717, 1.165) is 42.9 Å². The number of hydrogen-bond acceptors (Lipinski definition) is 1. The maximum Gasteiger partial charge on any atom is 0.133 e. The lowest BCUT2D eigenvalue weighted by Gasteiger charge is -2.56. The summed E-state index contributed by atoms with van der Waals surface area (Å²) in [6.45, 7) is 4.51. The van der Waals surface area contributed by atoms with Crippen molar-refractivity contribution < 1.29 is 4.79 Å². The third-order valence-corrected chi connectivity index (χ3v) is 5.97. The van der Waals surface area contributed by atoms with Crippen LogP contribution in [0.5, 0.6) is 0 Å². The van der Waals surface area contributed by atoms with Crippen molar-refractivity contribution in [1.82, 2.24) is 0 Å². The molecule has 0 aliphatic heterocycles. The van der Waals surface area contributed by atoms with Gasteiger partial charge in [0, 0.05) is 12.8 Å². The van der Waals surface area contributed by atoms with Crippen molar-refractivity contribution in [3.05, 3.63) is 0 Å². The molecule has 4 aliphatic carbocycles. The maximum absolute atomic E-state index is 12.3. The molecule has 0 aromatic carbocycles. The fourth-order valence-electron chi connectivity index (χ4n) is 5.72. The molecular weight excluding hydrogens is 232 g/mol. The Kier molecular flexibility index (Phi) is 3.75. The van der Waals surface area contributed by atoms with Gasteiger partial charge in [-0.15, -0.1) is 0 Å². The smallest absolute Gasteiger partial charge is 0.133 e. The summed E-state index contributed by atoms with van der Waals surface area (Å²) in [5.41, 5.74) is 0.462. The third-order valence-electron chi connectivity index (χ3n) is 5.97. The van der Waals surface area contributed by atoms with E-state index in [9.17, 15) is 4.79 Å². The SMILES string of the molecule is CC(C)CCCC(=O)CC12CC3CC(CC(C3)C1)C2. The van der Waals surface area contributed by atoms with E-state index >= 15 is 0 Å². The zero-order valence-corrected chi connectivity index (χ0v) is 12.8. The fraction of sp³-hybridized carbons (Fsp3) is 0.944. The first-order chi connectivity index (χ1) is 9.05. The predicted octanol–water partition coefficient (Wildman–Crippen LogP) is 4.99. The summed E-state index contributed by atoms with van der Waals surface area (Å²) in [6.07, 6.45) is 12.7. The molecule has 0 aromatic rings. The second-order valence-electron chi connectivity index (χ2n) is 8.42. The Bertz CT molecular complexity index is 306. The summed E-state index contributed by atoms with van der Waals surface area (Å²) in [7, 11) is 0. The Balaban J connectivity index is 1.53. The first-order valence-electron chi connectivity index (χ1n) is 8.56.